The third-order valence-electron chi connectivity index (χ3n) is 4.31. The van der Waals surface area contributed by atoms with Crippen molar-refractivity contribution in [1.29, 1.82) is 0 Å². The van der Waals surface area contributed by atoms with E-state index < -0.39 is 0 Å². The Hall–Kier alpha value is -1.50. The summed E-state index contributed by atoms with van der Waals surface area (Å²) >= 11 is 1.33. The number of nitrogens with zero attached hydrogens (tertiary/aromatic N) is 2. The highest BCUT2D eigenvalue weighted by Crippen LogP contribution is 2.27. The van der Waals surface area contributed by atoms with Crippen LogP contribution in [0.4, 0.5) is 5.82 Å². The summed E-state index contributed by atoms with van der Waals surface area (Å²) in [4.78, 5) is 25.9. The minimum atomic E-state index is -0.176. The van der Waals surface area contributed by atoms with Gasteiger partial charge in [0.15, 0.2) is 5.82 Å². The molecule has 7 heteroatoms. The van der Waals surface area contributed by atoms with E-state index in [1.165, 1.54) is 31.0 Å². The summed E-state index contributed by atoms with van der Waals surface area (Å²) in [5.41, 5.74) is 0. The minimum absolute atomic E-state index is 0.0961. The lowest BCUT2D eigenvalue weighted by Crippen LogP contribution is -2.43. The van der Waals surface area contributed by atoms with Crippen LogP contribution in [0.3, 0.4) is 0 Å². The highest BCUT2D eigenvalue weighted by Gasteiger charge is 2.27. The second kappa shape index (κ2) is 8.38. The maximum atomic E-state index is 12.3. The molecule has 2 rings (SSSR count). The zero-order valence-electron chi connectivity index (χ0n) is 14.0. The molecule has 2 amide bonds. The van der Waals surface area contributed by atoms with Crippen LogP contribution in [-0.4, -0.2) is 46.5 Å². The number of nitrogens with one attached hydrogen (secondary N) is 1. The first-order valence-corrected chi connectivity index (χ1v) is 9.19. The number of hydrogen-bond acceptors (Lipinski definition) is 5. The van der Waals surface area contributed by atoms with Crippen LogP contribution >= 0.6 is 11.8 Å². The van der Waals surface area contributed by atoms with Crippen molar-refractivity contribution in [3.05, 3.63) is 11.8 Å². The van der Waals surface area contributed by atoms with Crippen molar-refractivity contribution in [3.8, 4) is 0 Å². The van der Waals surface area contributed by atoms with Crippen LogP contribution < -0.4 is 5.32 Å². The Morgan fingerprint density at radius 2 is 2.13 bits per heavy atom. The maximum Gasteiger partial charge on any atom is 0.235 e. The van der Waals surface area contributed by atoms with E-state index in [-0.39, 0.29) is 17.6 Å². The normalized spacial score (nSPS) is 21.0. The number of aromatic nitrogens is 1. The summed E-state index contributed by atoms with van der Waals surface area (Å²) in [6.07, 6.45) is 4.73. The van der Waals surface area contributed by atoms with Gasteiger partial charge in [0.1, 0.15) is 5.76 Å². The Morgan fingerprint density at radius 3 is 2.78 bits per heavy atom. The monoisotopic (exact) mass is 339 g/mol. The number of anilines is 1. The van der Waals surface area contributed by atoms with Gasteiger partial charge in [-0.25, -0.2) is 0 Å². The third kappa shape index (κ3) is 5.27. The van der Waals surface area contributed by atoms with Crippen molar-refractivity contribution >= 4 is 29.4 Å². The third-order valence-corrected chi connectivity index (χ3v) is 5.23. The molecule has 1 aromatic heterocycles. The lowest BCUT2D eigenvalue weighted by Gasteiger charge is -2.36. The van der Waals surface area contributed by atoms with Gasteiger partial charge in [-0.1, -0.05) is 24.9 Å². The minimum Gasteiger partial charge on any atom is -0.360 e. The van der Waals surface area contributed by atoms with E-state index in [9.17, 15) is 9.59 Å². The summed E-state index contributed by atoms with van der Waals surface area (Å²) in [6.45, 7) is 3.98. The van der Waals surface area contributed by atoms with Gasteiger partial charge < -0.3 is 14.7 Å². The van der Waals surface area contributed by atoms with Crippen LogP contribution in [0, 0.1) is 12.8 Å². The molecular formula is C16H25N3O3S. The van der Waals surface area contributed by atoms with Crippen LogP contribution in [0.5, 0.6) is 0 Å². The first kappa shape index (κ1) is 17.8. The van der Waals surface area contributed by atoms with E-state index in [0.29, 0.717) is 29.3 Å². The van der Waals surface area contributed by atoms with Crippen LogP contribution in [-0.2, 0) is 9.59 Å². The van der Waals surface area contributed by atoms with E-state index in [4.69, 9.17) is 4.52 Å². The Labute approximate surface area is 141 Å². The molecule has 1 aromatic rings. The molecule has 0 spiro atoms. The van der Waals surface area contributed by atoms with Gasteiger partial charge in [-0.05, 0) is 25.7 Å². The number of carbonyl (C=O) groups is 2. The van der Waals surface area contributed by atoms with Crippen molar-refractivity contribution in [2.75, 3.05) is 23.9 Å². The topological polar surface area (TPSA) is 75.4 Å². The highest BCUT2D eigenvalue weighted by atomic mass is 32.2. The predicted octanol–water partition coefficient (Wildman–Crippen LogP) is 2.69. The number of aryl methyl sites for hydroxylation is 1. The second-order valence-electron chi connectivity index (χ2n) is 6.20. The molecular weight excluding hydrogens is 314 g/mol. The van der Waals surface area contributed by atoms with Gasteiger partial charge in [0.2, 0.25) is 11.8 Å². The van der Waals surface area contributed by atoms with Gasteiger partial charge in [-0.3, -0.25) is 9.59 Å². The largest absolute Gasteiger partial charge is 0.360 e. The van der Waals surface area contributed by atoms with Gasteiger partial charge in [0.05, 0.1) is 11.5 Å². The summed E-state index contributed by atoms with van der Waals surface area (Å²) in [5, 5.41) is 6.35. The maximum absolute atomic E-state index is 12.3. The molecule has 0 aliphatic heterocycles. The van der Waals surface area contributed by atoms with Gasteiger partial charge >= 0.3 is 0 Å². The molecule has 0 aromatic carbocycles. The smallest absolute Gasteiger partial charge is 0.235 e. The number of rotatable bonds is 6. The molecule has 6 nitrogen and oxygen atoms in total. The second-order valence-corrected chi connectivity index (χ2v) is 7.18. The molecule has 0 radical (unpaired) electrons. The van der Waals surface area contributed by atoms with Crippen molar-refractivity contribution in [2.45, 2.75) is 45.6 Å². The molecule has 128 valence electrons. The first-order valence-electron chi connectivity index (χ1n) is 8.04. The molecule has 1 aliphatic carbocycles. The fourth-order valence-corrected chi connectivity index (χ4v) is 3.73. The molecule has 1 fully saturated rings. The average Bonchev–Trinajstić information content (AvgIpc) is 2.92. The van der Waals surface area contributed by atoms with Crippen molar-refractivity contribution < 1.29 is 14.1 Å². The molecule has 0 saturated heterocycles. The highest BCUT2D eigenvalue weighted by molar-refractivity contribution is 8.00. The van der Waals surface area contributed by atoms with Crippen LogP contribution in [0.1, 0.15) is 38.4 Å². The summed E-state index contributed by atoms with van der Waals surface area (Å²) in [7, 11) is 1.88. The standard InChI is InChI=1S/C16H25N3O3S/c1-11-6-4-5-7-13(11)19(3)16(21)10-23-9-15(20)17-14-8-12(2)22-18-14/h8,11,13H,4-7,9-10H2,1-3H3,(H,17,18,20). The van der Waals surface area contributed by atoms with Crippen LogP contribution in [0.2, 0.25) is 0 Å². The van der Waals surface area contributed by atoms with Crippen molar-refractivity contribution in [3.63, 3.8) is 0 Å². The molecule has 1 saturated carbocycles. The quantitative estimate of drug-likeness (QED) is 0.862. The van der Waals surface area contributed by atoms with E-state index in [1.807, 2.05) is 11.9 Å². The fraction of sp³-hybridized carbons (Fsp3) is 0.688. The SMILES string of the molecule is Cc1cc(NC(=O)CSCC(=O)N(C)C2CCCCC2C)no1. The van der Waals surface area contributed by atoms with Gasteiger partial charge in [0.25, 0.3) is 0 Å². The molecule has 1 aliphatic rings. The lowest BCUT2D eigenvalue weighted by atomic mass is 9.85. The molecule has 1 heterocycles. The summed E-state index contributed by atoms with van der Waals surface area (Å²) < 4.78 is 4.88. The van der Waals surface area contributed by atoms with E-state index in [0.717, 1.165) is 6.42 Å². The van der Waals surface area contributed by atoms with Crippen LogP contribution in [0.15, 0.2) is 10.6 Å². The fourth-order valence-electron chi connectivity index (χ4n) is 2.99. The Morgan fingerprint density at radius 1 is 1.39 bits per heavy atom. The van der Waals surface area contributed by atoms with Crippen molar-refractivity contribution in [1.82, 2.24) is 10.1 Å². The number of hydrogen-bond donors (Lipinski definition) is 1. The number of thioether (sulfide) groups is 1. The zero-order chi connectivity index (χ0) is 16.8. The van der Waals surface area contributed by atoms with E-state index >= 15 is 0 Å². The van der Waals surface area contributed by atoms with Gasteiger partial charge in [-0.2, -0.15) is 0 Å². The molecule has 2 atom stereocenters. The Bertz CT molecular complexity index is 546. The zero-order valence-corrected chi connectivity index (χ0v) is 14.8. The van der Waals surface area contributed by atoms with E-state index in [1.54, 1.807) is 13.0 Å². The average molecular weight is 339 g/mol. The van der Waals surface area contributed by atoms with E-state index in [2.05, 4.69) is 17.4 Å². The predicted molar refractivity (Wildman–Crippen MR) is 91.4 cm³/mol. The lowest BCUT2D eigenvalue weighted by molar-refractivity contribution is -0.130. The summed E-state index contributed by atoms with van der Waals surface area (Å²) in [5.74, 6) is 2.08. The first-order chi connectivity index (χ1) is 11.0. The Balaban J connectivity index is 1.70. The van der Waals surface area contributed by atoms with Crippen LogP contribution in [0.25, 0.3) is 0 Å². The van der Waals surface area contributed by atoms with Crippen molar-refractivity contribution in [2.24, 2.45) is 5.92 Å². The summed E-state index contributed by atoms with van der Waals surface area (Å²) in [6, 6.07) is 2.00. The molecule has 1 N–H and O–H groups in total. The molecule has 2 unspecified atom stereocenters. The molecule has 23 heavy (non-hydrogen) atoms. The number of amides is 2. The number of carbonyl (C=O) groups excluding carboxylic acids is 2. The van der Waals surface area contributed by atoms with Gasteiger partial charge in [0, 0.05) is 19.2 Å². The van der Waals surface area contributed by atoms with Gasteiger partial charge in [-0.15, -0.1) is 11.8 Å². The molecule has 0 bridgehead atoms. The Kier molecular flexibility index (Phi) is 6.50.